The molecule has 4 nitrogen and oxygen atoms in total. The fourth-order valence-electron chi connectivity index (χ4n) is 5.07. The molecule has 130 valence electrons. The Bertz CT molecular complexity index is 626. The number of nitrogens with one attached hydrogen (secondary N) is 1. The van der Waals surface area contributed by atoms with E-state index in [-0.39, 0.29) is 5.91 Å². The maximum atomic E-state index is 11.8. The number of anilines is 1. The SMILES string of the molecule is CCN(Cc1ccccc1N[C@@H]1[C@@H]2CCO[C@@H]2C12CCC2)C(C)=O. The van der Waals surface area contributed by atoms with Crippen LogP contribution in [0.1, 0.15) is 45.1 Å². The van der Waals surface area contributed by atoms with Crippen LogP contribution in [-0.4, -0.2) is 36.1 Å². The third kappa shape index (κ3) is 2.34. The van der Waals surface area contributed by atoms with Gasteiger partial charge in [-0.3, -0.25) is 4.79 Å². The summed E-state index contributed by atoms with van der Waals surface area (Å²) in [5, 5.41) is 3.86. The second-order valence-corrected chi connectivity index (χ2v) is 7.64. The van der Waals surface area contributed by atoms with E-state index in [1.807, 2.05) is 11.8 Å². The molecule has 3 fully saturated rings. The highest BCUT2D eigenvalue weighted by molar-refractivity contribution is 5.73. The minimum atomic E-state index is 0.135. The predicted molar refractivity (Wildman–Crippen MR) is 94.7 cm³/mol. The van der Waals surface area contributed by atoms with Gasteiger partial charge in [0, 0.05) is 49.7 Å². The Morgan fingerprint density at radius 3 is 2.83 bits per heavy atom. The number of carbonyl (C=O) groups is 1. The zero-order valence-corrected chi connectivity index (χ0v) is 14.8. The van der Waals surface area contributed by atoms with Crippen molar-refractivity contribution in [3.63, 3.8) is 0 Å². The van der Waals surface area contributed by atoms with Gasteiger partial charge in [0.15, 0.2) is 0 Å². The van der Waals surface area contributed by atoms with E-state index in [1.54, 1.807) is 6.92 Å². The highest BCUT2D eigenvalue weighted by Gasteiger charge is 2.66. The number of fused-ring (bicyclic) bond motifs is 2. The quantitative estimate of drug-likeness (QED) is 0.900. The van der Waals surface area contributed by atoms with Gasteiger partial charge in [0.2, 0.25) is 5.91 Å². The molecule has 0 radical (unpaired) electrons. The van der Waals surface area contributed by atoms with Gasteiger partial charge < -0.3 is 15.0 Å². The van der Waals surface area contributed by atoms with Crippen LogP contribution in [0.4, 0.5) is 5.69 Å². The zero-order chi connectivity index (χ0) is 16.7. The molecule has 1 amide bonds. The number of nitrogens with zero attached hydrogens (tertiary/aromatic N) is 1. The van der Waals surface area contributed by atoms with Crippen molar-refractivity contribution >= 4 is 11.6 Å². The molecule has 2 saturated carbocycles. The second kappa shape index (κ2) is 6.07. The van der Waals surface area contributed by atoms with Crippen molar-refractivity contribution in [2.45, 2.75) is 58.2 Å². The van der Waals surface area contributed by atoms with Crippen LogP contribution in [-0.2, 0) is 16.1 Å². The van der Waals surface area contributed by atoms with Crippen LogP contribution in [0.25, 0.3) is 0 Å². The Hall–Kier alpha value is -1.55. The summed E-state index contributed by atoms with van der Waals surface area (Å²) in [6, 6.07) is 8.99. The van der Waals surface area contributed by atoms with Crippen LogP contribution in [0.3, 0.4) is 0 Å². The molecule has 0 bridgehead atoms. The molecule has 3 aliphatic rings. The first-order chi connectivity index (χ1) is 11.7. The molecular weight excluding hydrogens is 300 g/mol. The number of benzene rings is 1. The van der Waals surface area contributed by atoms with E-state index in [2.05, 4.69) is 29.6 Å². The molecule has 0 unspecified atom stereocenters. The Morgan fingerprint density at radius 2 is 2.17 bits per heavy atom. The zero-order valence-electron chi connectivity index (χ0n) is 14.8. The summed E-state index contributed by atoms with van der Waals surface area (Å²) < 4.78 is 6.03. The molecule has 1 aromatic rings. The van der Waals surface area contributed by atoms with Crippen LogP contribution >= 0.6 is 0 Å². The van der Waals surface area contributed by atoms with Gasteiger partial charge in [-0.2, -0.15) is 0 Å². The van der Waals surface area contributed by atoms with Crippen LogP contribution in [0.15, 0.2) is 24.3 Å². The molecule has 1 aliphatic heterocycles. The highest BCUT2D eigenvalue weighted by atomic mass is 16.5. The summed E-state index contributed by atoms with van der Waals surface area (Å²) in [5.74, 6) is 0.795. The molecule has 4 heteroatoms. The van der Waals surface area contributed by atoms with Crippen molar-refractivity contribution in [2.75, 3.05) is 18.5 Å². The molecule has 4 rings (SSSR count). The van der Waals surface area contributed by atoms with Gasteiger partial charge in [-0.25, -0.2) is 0 Å². The van der Waals surface area contributed by atoms with Crippen molar-refractivity contribution in [3.8, 4) is 0 Å². The van der Waals surface area contributed by atoms with Crippen LogP contribution < -0.4 is 5.32 Å². The Labute approximate surface area is 144 Å². The van der Waals surface area contributed by atoms with E-state index < -0.39 is 0 Å². The summed E-state index contributed by atoms with van der Waals surface area (Å²) in [7, 11) is 0. The van der Waals surface area contributed by atoms with Gasteiger partial charge in [0.25, 0.3) is 0 Å². The van der Waals surface area contributed by atoms with E-state index in [0.29, 0.717) is 30.0 Å². The third-order valence-corrected chi connectivity index (χ3v) is 6.55. The van der Waals surface area contributed by atoms with E-state index in [9.17, 15) is 4.79 Å². The van der Waals surface area contributed by atoms with Crippen LogP contribution in [0.5, 0.6) is 0 Å². The summed E-state index contributed by atoms with van der Waals surface area (Å²) in [6.45, 7) is 6.03. The summed E-state index contributed by atoms with van der Waals surface area (Å²) >= 11 is 0. The van der Waals surface area contributed by atoms with E-state index in [4.69, 9.17) is 4.74 Å². The number of hydrogen-bond acceptors (Lipinski definition) is 3. The van der Waals surface area contributed by atoms with Gasteiger partial charge in [0.05, 0.1) is 6.10 Å². The molecule has 1 heterocycles. The van der Waals surface area contributed by atoms with Crippen molar-refractivity contribution in [3.05, 3.63) is 29.8 Å². The molecule has 2 aliphatic carbocycles. The Kier molecular flexibility index (Phi) is 4.03. The average Bonchev–Trinajstić information content (AvgIpc) is 2.94. The molecule has 1 saturated heterocycles. The lowest BCUT2D eigenvalue weighted by molar-refractivity contribution is -0.158. The van der Waals surface area contributed by atoms with Crippen LogP contribution in [0, 0.1) is 11.3 Å². The van der Waals surface area contributed by atoms with E-state index in [1.165, 1.54) is 36.9 Å². The van der Waals surface area contributed by atoms with Gasteiger partial charge in [-0.05, 0) is 37.8 Å². The van der Waals surface area contributed by atoms with Gasteiger partial charge in [-0.15, -0.1) is 0 Å². The molecule has 24 heavy (non-hydrogen) atoms. The molecule has 1 N–H and O–H groups in total. The lowest BCUT2D eigenvalue weighted by atomic mass is 9.46. The minimum Gasteiger partial charge on any atom is -0.381 e. The van der Waals surface area contributed by atoms with E-state index in [0.717, 1.165) is 13.2 Å². The molecular formula is C20H28N2O2. The first-order valence-corrected chi connectivity index (χ1v) is 9.37. The number of hydrogen-bond donors (Lipinski definition) is 1. The summed E-state index contributed by atoms with van der Waals surface area (Å²) in [6.07, 6.45) is 5.59. The Balaban J connectivity index is 1.54. The van der Waals surface area contributed by atoms with Crippen molar-refractivity contribution in [1.29, 1.82) is 0 Å². The highest BCUT2D eigenvalue weighted by Crippen LogP contribution is 2.63. The lowest BCUT2D eigenvalue weighted by Crippen LogP contribution is -2.68. The second-order valence-electron chi connectivity index (χ2n) is 7.64. The molecule has 0 aromatic heterocycles. The fraction of sp³-hybridized carbons (Fsp3) is 0.650. The van der Waals surface area contributed by atoms with Crippen molar-refractivity contribution in [2.24, 2.45) is 11.3 Å². The minimum absolute atomic E-state index is 0.135. The van der Waals surface area contributed by atoms with E-state index >= 15 is 0 Å². The average molecular weight is 328 g/mol. The largest absolute Gasteiger partial charge is 0.381 e. The molecule has 1 spiro atoms. The third-order valence-electron chi connectivity index (χ3n) is 6.55. The predicted octanol–water partition coefficient (Wildman–Crippen LogP) is 3.42. The maximum Gasteiger partial charge on any atom is 0.219 e. The first kappa shape index (κ1) is 15.9. The topological polar surface area (TPSA) is 41.6 Å². The number of ether oxygens (including phenoxy) is 1. The standard InChI is InChI=1S/C20H28N2O2/c1-3-22(14(2)23)13-15-7-4-5-8-17(15)21-18-16-9-12-24-19(16)20(18)10-6-11-20/h4-5,7-8,16,18-19,21H,3,6,9-13H2,1-2H3/t16-,18+,19-/m0/s1. The van der Waals surface area contributed by atoms with Crippen molar-refractivity contribution < 1.29 is 9.53 Å². The summed E-state index contributed by atoms with van der Waals surface area (Å²) in [5.41, 5.74) is 2.78. The van der Waals surface area contributed by atoms with Gasteiger partial charge in [0.1, 0.15) is 0 Å². The van der Waals surface area contributed by atoms with Gasteiger partial charge in [-0.1, -0.05) is 24.6 Å². The number of carbonyl (C=O) groups excluding carboxylic acids is 1. The Morgan fingerprint density at radius 1 is 1.38 bits per heavy atom. The smallest absolute Gasteiger partial charge is 0.219 e. The van der Waals surface area contributed by atoms with Crippen LogP contribution in [0.2, 0.25) is 0 Å². The maximum absolute atomic E-state index is 11.8. The van der Waals surface area contributed by atoms with Gasteiger partial charge >= 0.3 is 0 Å². The number of para-hydroxylation sites is 1. The first-order valence-electron chi connectivity index (χ1n) is 9.37. The number of amides is 1. The monoisotopic (exact) mass is 328 g/mol. The summed E-state index contributed by atoms with van der Waals surface area (Å²) in [4.78, 5) is 13.7. The lowest BCUT2D eigenvalue weighted by Gasteiger charge is -2.63. The molecule has 1 aromatic carbocycles. The molecule has 3 atom stereocenters. The number of rotatable bonds is 5. The van der Waals surface area contributed by atoms with Crippen molar-refractivity contribution in [1.82, 2.24) is 4.90 Å². The fourth-order valence-corrected chi connectivity index (χ4v) is 5.07. The normalized spacial score (nSPS) is 29.5.